The molecule has 0 saturated heterocycles. The summed E-state index contributed by atoms with van der Waals surface area (Å²) < 4.78 is 12.8. The van der Waals surface area contributed by atoms with Gasteiger partial charge in [0.15, 0.2) is 0 Å². The van der Waals surface area contributed by atoms with Crippen molar-refractivity contribution < 1.29 is 9.18 Å². The van der Waals surface area contributed by atoms with E-state index in [0.29, 0.717) is 5.56 Å². The molecule has 4 nitrogen and oxygen atoms in total. The number of aryl methyl sites for hydroxylation is 1. The largest absolute Gasteiger partial charge is 0.349 e. The first kappa shape index (κ1) is 11.9. The number of carbonyl (C=O) groups is 1. The van der Waals surface area contributed by atoms with Gasteiger partial charge in [-0.25, -0.2) is 4.39 Å². The third-order valence-electron chi connectivity index (χ3n) is 3.46. The van der Waals surface area contributed by atoms with Crippen LogP contribution in [-0.2, 0) is 12.8 Å². The average molecular weight is 259 g/mol. The molecular weight excluding hydrogens is 245 g/mol. The Kier molecular flexibility index (Phi) is 3.03. The molecule has 3 rings (SSSR count). The van der Waals surface area contributed by atoms with Gasteiger partial charge in [0.25, 0.3) is 5.91 Å². The van der Waals surface area contributed by atoms with Crippen LogP contribution in [0.2, 0.25) is 0 Å². The van der Waals surface area contributed by atoms with Crippen molar-refractivity contribution in [2.75, 3.05) is 0 Å². The molecule has 2 aromatic rings. The highest BCUT2D eigenvalue weighted by atomic mass is 19.1. The summed E-state index contributed by atoms with van der Waals surface area (Å²) in [5.41, 5.74) is 2.81. The molecule has 5 heteroatoms. The van der Waals surface area contributed by atoms with Crippen LogP contribution in [0.5, 0.6) is 0 Å². The van der Waals surface area contributed by atoms with E-state index < -0.39 is 0 Å². The molecule has 2 N–H and O–H groups in total. The highest BCUT2D eigenvalue weighted by molar-refractivity contribution is 5.94. The standard InChI is InChI=1S/C14H14FN3O/c15-11-4-1-9(2-5-11)14(19)17-12-6-3-10-8-16-18-13(10)7-12/h1-2,4-5,8,12H,3,6-7H2,(H,16,18)(H,17,19). The molecule has 0 saturated carbocycles. The first-order valence-corrected chi connectivity index (χ1v) is 6.30. The molecule has 0 aliphatic heterocycles. The summed E-state index contributed by atoms with van der Waals surface area (Å²) in [4.78, 5) is 12.0. The summed E-state index contributed by atoms with van der Waals surface area (Å²) in [6.45, 7) is 0. The minimum atomic E-state index is -0.337. The summed E-state index contributed by atoms with van der Waals surface area (Å²) >= 11 is 0. The Balaban J connectivity index is 1.66. The molecule has 1 heterocycles. The van der Waals surface area contributed by atoms with E-state index in [1.165, 1.54) is 29.8 Å². The van der Waals surface area contributed by atoms with Crippen LogP contribution in [-0.4, -0.2) is 22.1 Å². The minimum Gasteiger partial charge on any atom is -0.349 e. The summed E-state index contributed by atoms with van der Waals surface area (Å²) in [5, 5.41) is 9.94. The maximum absolute atomic E-state index is 12.8. The van der Waals surface area contributed by atoms with E-state index in [1.807, 2.05) is 6.20 Å². The number of nitrogens with one attached hydrogen (secondary N) is 2. The summed E-state index contributed by atoms with van der Waals surface area (Å²) in [5.74, 6) is -0.496. The number of benzene rings is 1. The fourth-order valence-corrected chi connectivity index (χ4v) is 2.40. The first-order valence-electron chi connectivity index (χ1n) is 6.30. The molecule has 1 aromatic heterocycles. The van der Waals surface area contributed by atoms with Gasteiger partial charge in [0.2, 0.25) is 0 Å². The molecule has 0 bridgehead atoms. The Morgan fingerprint density at radius 2 is 2.16 bits per heavy atom. The number of fused-ring (bicyclic) bond motifs is 1. The van der Waals surface area contributed by atoms with E-state index in [1.54, 1.807) is 0 Å². The zero-order chi connectivity index (χ0) is 13.2. The van der Waals surface area contributed by atoms with Crippen molar-refractivity contribution in [2.45, 2.75) is 25.3 Å². The Labute approximate surface area is 110 Å². The predicted molar refractivity (Wildman–Crippen MR) is 68.3 cm³/mol. The maximum atomic E-state index is 12.8. The van der Waals surface area contributed by atoms with Gasteiger partial charge in [0.05, 0.1) is 6.20 Å². The molecule has 98 valence electrons. The second-order valence-electron chi connectivity index (χ2n) is 4.79. The summed E-state index contributed by atoms with van der Waals surface area (Å²) in [6.07, 6.45) is 4.43. The van der Waals surface area contributed by atoms with Crippen molar-refractivity contribution in [3.05, 3.63) is 53.1 Å². The second-order valence-corrected chi connectivity index (χ2v) is 4.79. The Hall–Kier alpha value is -2.17. The van der Waals surface area contributed by atoms with Crippen LogP contribution in [0.4, 0.5) is 4.39 Å². The van der Waals surface area contributed by atoms with Crippen LogP contribution < -0.4 is 5.32 Å². The summed E-state index contributed by atoms with van der Waals surface area (Å²) in [7, 11) is 0. The number of aromatic nitrogens is 2. The van der Waals surface area contributed by atoms with Crippen molar-refractivity contribution >= 4 is 5.91 Å². The lowest BCUT2D eigenvalue weighted by Gasteiger charge is -2.22. The van der Waals surface area contributed by atoms with E-state index >= 15 is 0 Å². The minimum absolute atomic E-state index is 0.102. The monoisotopic (exact) mass is 259 g/mol. The van der Waals surface area contributed by atoms with Crippen LogP contribution >= 0.6 is 0 Å². The van der Waals surface area contributed by atoms with Gasteiger partial charge in [0.1, 0.15) is 5.82 Å². The van der Waals surface area contributed by atoms with Crippen LogP contribution in [0.15, 0.2) is 30.5 Å². The van der Waals surface area contributed by atoms with Crippen LogP contribution in [0, 0.1) is 5.82 Å². The molecule has 1 aliphatic carbocycles. The van der Waals surface area contributed by atoms with Crippen molar-refractivity contribution in [3.8, 4) is 0 Å². The van der Waals surface area contributed by atoms with Crippen LogP contribution in [0.3, 0.4) is 0 Å². The number of aromatic amines is 1. The van der Waals surface area contributed by atoms with Gasteiger partial charge in [-0.3, -0.25) is 9.89 Å². The molecule has 1 amide bonds. The Morgan fingerprint density at radius 3 is 2.95 bits per heavy atom. The Bertz CT molecular complexity index is 591. The van der Waals surface area contributed by atoms with Gasteiger partial charge in [-0.2, -0.15) is 5.10 Å². The van der Waals surface area contributed by atoms with Gasteiger partial charge < -0.3 is 5.32 Å². The number of H-pyrrole nitrogens is 1. The van der Waals surface area contributed by atoms with E-state index in [0.717, 1.165) is 25.0 Å². The molecule has 1 unspecified atom stereocenters. The number of nitrogens with zero attached hydrogens (tertiary/aromatic N) is 1. The van der Waals surface area contributed by atoms with Crippen molar-refractivity contribution in [1.82, 2.24) is 15.5 Å². The molecule has 0 spiro atoms. The number of hydrogen-bond acceptors (Lipinski definition) is 2. The number of halogens is 1. The highest BCUT2D eigenvalue weighted by Crippen LogP contribution is 2.19. The van der Waals surface area contributed by atoms with E-state index in [9.17, 15) is 9.18 Å². The molecule has 1 aromatic carbocycles. The smallest absolute Gasteiger partial charge is 0.251 e. The number of carbonyl (C=O) groups excluding carboxylic acids is 1. The molecule has 19 heavy (non-hydrogen) atoms. The van der Waals surface area contributed by atoms with E-state index in [2.05, 4.69) is 15.5 Å². The third kappa shape index (κ3) is 2.50. The molecule has 1 atom stereocenters. The first-order chi connectivity index (χ1) is 9.22. The lowest BCUT2D eigenvalue weighted by molar-refractivity contribution is 0.0933. The van der Waals surface area contributed by atoms with Gasteiger partial charge in [-0.15, -0.1) is 0 Å². The molecule has 0 radical (unpaired) electrons. The highest BCUT2D eigenvalue weighted by Gasteiger charge is 2.21. The second kappa shape index (κ2) is 4.84. The van der Waals surface area contributed by atoms with Gasteiger partial charge in [-0.05, 0) is 42.7 Å². The van der Waals surface area contributed by atoms with E-state index in [-0.39, 0.29) is 17.8 Å². The van der Waals surface area contributed by atoms with Crippen LogP contribution in [0.25, 0.3) is 0 Å². The number of amides is 1. The topological polar surface area (TPSA) is 57.8 Å². The lowest BCUT2D eigenvalue weighted by Crippen LogP contribution is -2.38. The number of hydrogen-bond donors (Lipinski definition) is 2. The van der Waals surface area contributed by atoms with Crippen molar-refractivity contribution in [1.29, 1.82) is 0 Å². The quantitative estimate of drug-likeness (QED) is 0.864. The third-order valence-corrected chi connectivity index (χ3v) is 3.46. The zero-order valence-corrected chi connectivity index (χ0v) is 10.3. The molecule has 1 aliphatic rings. The molecular formula is C14H14FN3O. The van der Waals surface area contributed by atoms with Gasteiger partial charge >= 0.3 is 0 Å². The molecule has 0 fully saturated rings. The fraction of sp³-hybridized carbons (Fsp3) is 0.286. The van der Waals surface area contributed by atoms with Crippen molar-refractivity contribution in [3.63, 3.8) is 0 Å². The fourth-order valence-electron chi connectivity index (χ4n) is 2.40. The van der Waals surface area contributed by atoms with Gasteiger partial charge in [-0.1, -0.05) is 0 Å². The van der Waals surface area contributed by atoms with Gasteiger partial charge in [0, 0.05) is 23.7 Å². The number of rotatable bonds is 2. The Morgan fingerprint density at radius 1 is 1.37 bits per heavy atom. The summed E-state index contributed by atoms with van der Waals surface area (Å²) in [6, 6.07) is 5.68. The van der Waals surface area contributed by atoms with E-state index in [4.69, 9.17) is 0 Å². The lowest BCUT2D eigenvalue weighted by atomic mass is 9.93. The average Bonchev–Trinajstić information content (AvgIpc) is 2.87. The SMILES string of the molecule is O=C(NC1CCc2cn[nH]c2C1)c1ccc(F)cc1. The normalized spacial score (nSPS) is 17.8. The van der Waals surface area contributed by atoms with Crippen molar-refractivity contribution in [2.24, 2.45) is 0 Å². The predicted octanol–water partition coefficient (Wildman–Crippen LogP) is 1.84. The zero-order valence-electron chi connectivity index (χ0n) is 10.3. The van der Waals surface area contributed by atoms with Crippen LogP contribution in [0.1, 0.15) is 28.0 Å². The maximum Gasteiger partial charge on any atom is 0.251 e.